The van der Waals surface area contributed by atoms with Crippen molar-refractivity contribution in [3.05, 3.63) is 65.2 Å². The summed E-state index contributed by atoms with van der Waals surface area (Å²) in [5, 5.41) is 6.31. The molecule has 0 bridgehead atoms. The molecule has 3 nitrogen and oxygen atoms in total. The number of aryl methyl sites for hydroxylation is 3. The van der Waals surface area contributed by atoms with E-state index in [-0.39, 0.29) is 5.91 Å². The number of benzene rings is 2. The largest absolute Gasteiger partial charge is 0.324 e. The highest BCUT2D eigenvalue weighted by Gasteiger charge is 2.09. The minimum Gasteiger partial charge on any atom is -0.324 e. The second-order valence-electron chi connectivity index (χ2n) is 6.12. The lowest BCUT2D eigenvalue weighted by molar-refractivity contribution is -0.115. The molecule has 122 valence electrons. The lowest BCUT2D eigenvalue weighted by Crippen LogP contribution is -2.34. The van der Waals surface area contributed by atoms with E-state index < -0.39 is 0 Å². The maximum atomic E-state index is 12.1. The lowest BCUT2D eigenvalue weighted by atomic mass is 10.1. The number of amides is 1. The van der Waals surface area contributed by atoms with Crippen LogP contribution in [0.4, 0.5) is 5.69 Å². The second kappa shape index (κ2) is 8.49. The van der Waals surface area contributed by atoms with Crippen LogP contribution >= 0.6 is 0 Å². The molecule has 23 heavy (non-hydrogen) atoms. The first-order chi connectivity index (χ1) is 11.1. The fourth-order valence-electron chi connectivity index (χ4n) is 2.59. The van der Waals surface area contributed by atoms with E-state index in [1.54, 1.807) is 0 Å². The quantitative estimate of drug-likeness (QED) is 0.815. The summed E-state index contributed by atoms with van der Waals surface area (Å²) < 4.78 is 0. The number of carbonyl (C=O) groups excluding carboxylic acids is 1. The van der Waals surface area contributed by atoms with Crippen LogP contribution in [0.15, 0.2) is 48.5 Å². The Labute approximate surface area is 139 Å². The van der Waals surface area contributed by atoms with E-state index in [1.165, 1.54) is 5.56 Å². The molecule has 0 aromatic heterocycles. The van der Waals surface area contributed by atoms with Crippen molar-refractivity contribution in [1.82, 2.24) is 5.32 Å². The first kappa shape index (κ1) is 17.2. The third kappa shape index (κ3) is 5.53. The summed E-state index contributed by atoms with van der Waals surface area (Å²) >= 11 is 0. The number of anilines is 1. The molecule has 0 radical (unpaired) electrons. The number of nitrogens with one attached hydrogen (secondary N) is 2. The highest BCUT2D eigenvalue weighted by atomic mass is 16.1. The van der Waals surface area contributed by atoms with Crippen molar-refractivity contribution < 1.29 is 4.79 Å². The molecule has 1 atom stereocenters. The Hall–Kier alpha value is -2.13. The molecule has 2 aromatic carbocycles. The Morgan fingerprint density at radius 1 is 1.00 bits per heavy atom. The van der Waals surface area contributed by atoms with E-state index in [0.29, 0.717) is 12.6 Å². The zero-order chi connectivity index (χ0) is 16.7. The van der Waals surface area contributed by atoms with Gasteiger partial charge in [-0.3, -0.25) is 4.79 Å². The summed E-state index contributed by atoms with van der Waals surface area (Å²) in [5.41, 5.74) is 4.45. The summed E-state index contributed by atoms with van der Waals surface area (Å²) in [6, 6.07) is 16.8. The molecule has 2 aromatic rings. The Morgan fingerprint density at radius 2 is 1.65 bits per heavy atom. The number of carbonyl (C=O) groups is 1. The molecule has 0 aliphatic carbocycles. The molecule has 1 amide bonds. The maximum Gasteiger partial charge on any atom is 0.238 e. The minimum absolute atomic E-state index is 0.00830. The summed E-state index contributed by atoms with van der Waals surface area (Å²) in [7, 11) is 0. The van der Waals surface area contributed by atoms with Crippen molar-refractivity contribution in [3.63, 3.8) is 0 Å². The summed E-state index contributed by atoms with van der Waals surface area (Å²) in [4.78, 5) is 12.1. The van der Waals surface area contributed by atoms with Crippen LogP contribution in [0.1, 0.15) is 30.0 Å². The summed E-state index contributed by atoms with van der Waals surface area (Å²) in [6.07, 6.45) is 2.04. The molecule has 0 aliphatic rings. The SMILES string of the molecule is Cc1cccc(C)c1NC(=O)CN[C@@H](C)CCc1ccccc1. The van der Waals surface area contributed by atoms with E-state index in [9.17, 15) is 4.79 Å². The number of hydrogen-bond acceptors (Lipinski definition) is 2. The van der Waals surface area contributed by atoms with Gasteiger partial charge in [-0.1, -0.05) is 48.5 Å². The van der Waals surface area contributed by atoms with Gasteiger partial charge in [0.05, 0.1) is 6.54 Å². The van der Waals surface area contributed by atoms with Crippen molar-refractivity contribution in [2.75, 3.05) is 11.9 Å². The van der Waals surface area contributed by atoms with Crippen LogP contribution < -0.4 is 10.6 Å². The van der Waals surface area contributed by atoms with Crippen LogP contribution in [0.2, 0.25) is 0 Å². The van der Waals surface area contributed by atoms with Crippen molar-refractivity contribution in [2.45, 2.75) is 39.7 Å². The molecular formula is C20H26N2O. The molecule has 0 saturated carbocycles. The van der Waals surface area contributed by atoms with Gasteiger partial charge in [-0.25, -0.2) is 0 Å². The van der Waals surface area contributed by atoms with Crippen molar-refractivity contribution in [3.8, 4) is 0 Å². The van der Waals surface area contributed by atoms with Gasteiger partial charge in [0.15, 0.2) is 0 Å². The van der Waals surface area contributed by atoms with Crippen LogP contribution in [0.5, 0.6) is 0 Å². The molecule has 0 heterocycles. The average molecular weight is 310 g/mol. The predicted molar refractivity (Wildman–Crippen MR) is 96.8 cm³/mol. The normalized spacial score (nSPS) is 12.0. The average Bonchev–Trinajstić information content (AvgIpc) is 2.55. The second-order valence-corrected chi connectivity index (χ2v) is 6.12. The Balaban J connectivity index is 1.75. The van der Waals surface area contributed by atoms with Gasteiger partial charge in [-0.05, 0) is 50.3 Å². The summed E-state index contributed by atoms with van der Waals surface area (Å²) in [6.45, 7) is 6.48. The van der Waals surface area contributed by atoms with Crippen molar-refractivity contribution >= 4 is 11.6 Å². The van der Waals surface area contributed by atoms with Crippen LogP contribution in [0, 0.1) is 13.8 Å². The first-order valence-corrected chi connectivity index (χ1v) is 8.19. The maximum absolute atomic E-state index is 12.1. The molecular weight excluding hydrogens is 284 g/mol. The zero-order valence-corrected chi connectivity index (χ0v) is 14.2. The van der Waals surface area contributed by atoms with Crippen molar-refractivity contribution in [1.29, 1.82) is 0 Å². The minimum atomic E-state index is 0.00830. The van der Waals surface area contributed by atoms with Gasteiger partial charge in [0.1, 0.15) is 0 Å². The van der Waals surface area contributed by atoms with E-state index in [1.807, 2.05) is 38.1 Å². The molecule has 3 heteroatoms. The molecule has 0 saturated heterocycles. The fourth-order valence-corrected chi connectivity index (χ4v) is 2.59. The van der Waals surface area contributed by atoms with E-state index in [2.05, 4.69) is 41.8 Å². The van der Waals surface area contributed by atoms with E-state index >= 15 is 0 Å². The molecule has 0 spiro atoms. The van der Waals surface area contributed by atoms with Gasteiger partial charge in [0, 0.05) is 11.7 Å². The van der Waals surface area contributed by atoms with Crippen LogP contribution in [-0.4, -0.2) is 18.5 Å². The predicted octanol–water partition coefficient (Wildman–Crippen LogP) is 3.85. The third-order valence-electron chi connectivity index (χ3n) is 4.07. The summed E-state index contributed by atoms with van der Waals surface area (Å²) in [5.74, 6) is 0.00830. The highest BCUT2D eigenvalue weighted by molar-refractivity contribution is 5.93. The van der Waals surface area contributed by atoms with Crippen LogP contribution in [0.3, 0.4) is 0 Å². The zero-order valence-electron chi connectivity index (χ0n) is 14.2. The smallest absolute Gasteiger partial charge is 0.238 e. The standard InChI is InChI=1S/C20H26N2O/c1-15-8-7-9-16(2)20(15)22-19(23)14-21-17(3)12-13-18-10-5-4-6-11-18/h4-11,17,21H,12-14H2,1-3H3,(H,22,23)/t17-/m0/s1. The van der Waals surface area contributed by atoms with Gasteiger partial charge in [-0.2, -0.15) is 0 Å². The van der Waals surface area contributed by atoms with Gasteiger partial charge < -0.3 is 10.6 Å². The first-order valence-electron chi connectivity index (χ1n) is 8.19. The molecule has 2 rings (SSSR count). The van der Waals surface area contributed by atoms with Crippen molar-refractivity contribution in [2.24, 2.45) is 0 Å². The lowest BCUT2D eigenvalue weighted by Gasteiger charge is -2.15. The third-order valence-corrected chi connectivity index (χ3v) is 4.07. The van der Waals surface area contributed by atoms with Gasteiger partial charge in [-0.15, -0.1) is 0 Å². The monoisotopic (exact) mass is 310 g/mol. The number of para-hydroxylation sites is 1. The topological polar surface area (TPSA) is 41.1 Å². The van der Waals surface area contributed by atoms with Crippen LogP contribution in [0.25, 0.3) is 0 Å². The van der Waals surface area contributed by atoms with Gasteiger partial charge in [0.2, 0.25) is 5.91 Å². The Kier molecular flexibility index (Phi) is 6.36. The molecule has 0 fully saturated rings. The number of hydrogen-bond donors (Lipinski definition) is 2. The van der Waals surface area contributed by atoms with Gasteiger partial charge in [0.25, 0.3) is 0 Å². The highest BCUT2D eigenvalue weighted by Crippen LogP contribution is 2.19. The molecule has 0 unspecified atom stereocenters. The molecule has 0 aliphatic heterocycles. The van der Waals surface area contributed by atoms with Crippen LogP contribution in [-0.2, 0) is 11.2 Å². The Morgan fingerprint density at radius 3 is 2.30 bits per heavy atom. The fraction of sp³-hybridized carbons (Fsp3) is 0.350. The van der Waals surface area contributed by atoms with E-state index in [4.69, 9.17) is 0 Å². The number of rotatable bonds is 7. The van der Waals surface area contributed by atoms with Gasteiger partial charge >= 0.3 is 0 Å². The van der Waals surface area contributed by atoms with E-state index in [0.717, 1.165) is 29.7 Å². The molecule has 2 N–H and O–H groups in total. The Bertz CT molecular complexity index is 617.